The highest BCUT2D eigenvalue weighted by molar-refractivity contribution is 5.92. The second kappa shape index (κ2) is 6.40. The van der Waals surface area contributed by atoms with Crippen LogP contribution in [0.25, 0.3) is 0 Å². The van der Waals surface area contributed by atoms with E-state index in [1.165, 1.54) is 11.3 Å². The average molecular weight is 326 g/mol. The molecule has 1 amide bonds. The third-order valence-electron chi connectivity index (χ3n) is 4.58. The van der Waals surface area contributed by atoms with Crippen molar-refractivity contribution in [1.82, 2.24) is 15.1 Å². The number of primary amides is 1. The van der Waals surface area contributed by atoms with Crippen molar-refractivity contribution in [2.45, 2.75) is 58.2 Å². The number of benzene rings is 1. The van der Waals surface area contributed by atoms with E-state index in [4.69, 9.17) is 5.73 Å². The lowest BCUT2D eigenvalue weighted by Crippen LogP contribution is -2.29. The van der Waals surface area contributed by atoms with Crippen LogP contribution in [0.5, 0.6) is 0 Å². The third-order valence-corrected chi connectivity index (χ3v) is 4.58. The molecule has 1 aliphatic rings. The van der Waals surface area contributed by atoms with Crippen molar-refractivity contribution in [3.63, 3.8) is 0 Å². The zero-order chi connectivity index (χ0) is 17.3. The Morgan fingerprint density at radius 3 is 2.92 bits per heavy atom. The number of nitrogens with one attached hydrogen (secondary N) is 1. The minimum atomic E-state index is -0.386. The van der Waals surface area contributed by atoms with Crippen LogP contribution in [0.3, 0.4) is 0 Å². The van der Waals surface area contributed by atoms with Crippen LogP contribution in [0.1, 0.15) is 66.8 Å². The van der Waals surface area contributed by atoms with Gasteiger partial charge in [-0.3, -0.25) is 9.48 Å². The number of carbonyl (C=O) groups is 1. The van der Waals surface area contributed by atoms with Crippen molar-refractivity contribution in [1.29, 1.82) is 0 Å². The van der Waals surface area contributed by atoms with Crippen LogP contribution < -0.4 is 11.1 Å². The minimum absolute atomic E-state index is 0.00525. The first kappa shape index (κ1) is 16.7. The van der Waals surface area contributed by atoms with Gasteiger partial charge in [0, 0.05) is 29.4 Å². The zero-order valence-corrected chi connectivity index (χ0v) is 14.7. The average Bonchev–Trinajstić information content (AvgIpc) is 2.98. The molecule has 0 spiro atoms. The summed E-state index contributed by atoms with van der Waals surface area (Å²) < 4.78 is 2.16. The number of carbonyl (C=O) groups excluding carboxylic acids is 1. The van der Waals surface area contributed by atoms with Crippen LogP contribution in [-0.4, -0.2) is 15.7 Å². The Labute approximate surface area is 143 Å². The number of hydrogen-bond acceptors (Lipinski definition) is 3. The predicted octanol–water partition coefficient (Wildman–Crippen LogP) is 2.90. The Morgan fingerprint density at radius 2 is 2.21 bits per heavy atom. The normalized spacial score (nSPS) is 17.5. The van der Waals surface area contributed by atoms with E-state index in [2.05, 4.69) is 35.9 Å². The molecule has 1 aliphatic carbocycles. The Bertz CT molecular complexity index is 742. The van der Waals surface area contributed by atoms with Crippen LogP contribution in [0.2, 0.25) is 0 Å². The van der Waals surface area contributed by atoms with E-state index >= 15 is 0 Å². The third kappa shape index (κ3) is 3.36. The molecule has 0 saturated carbocycles. The molecule has 1 atom stereocenters. The largest absolute Gasteiger partial charge is 0.366 e. The van der Waals surface area contributed by atoms with Gasteiger partial charge in [0.2, 0.25) is 5.91 Å². The molecule has 1 heterocycles. The molecule has 0 bridgehead atoms. The van der Waals surface area contributed by atoms with Gasteiger partial charge in [-0.25, -0.2) is 0 Å². The summed E-state index contributed by atoms with van der Waals surface area (Å²) in [7, 11) is 0. The van der Waals surface area contributed by atoms with Crippen molar-refractivity contribution >= 4 is 5.91 Å². The van der Waals surface area contributed by atoms with Crippen LogP contribution in [-0.2, 0) is 18.5 Å². The first-order valence-electron chi connectivity index (χ1n) is 8.55. The highest BCUT2D eigenvalue weighted by atomic mass is 16.1. The molecule has 24 heavy (non-hydrogen) atoms. The predicted molar refractivity (Wildman–Crippen MR) is 94.7 cm³/mol. The molecule has 0 radical (unpaired) electrons. The fraction of sp³-hybridized carbons (Fsp3) is 0.474. The van der Waals surface area contributed by atoms with Gasteiger partial charge < -0.3 is 11.1 Å². The summed E-state index contributed by atoms with van der Waals surface area (Å²) in [6, 6.07) is 7.81. The maximum Gasteiger partial charge on any atom is 0.248 e. The van der Waals surface area contributed by atoms with Crippen molar-refractivity contribution in [2.75, 3.05) is 0 Å². The van der Waals surface area contributed by atoms with Gasteiger partial charge in [0.15, 0.2) is 0 Å². The highest BCUT2D eigenvalue weighted by Gasteiger charge is 2.27. The Morgan fingerprint density at radius 1 is 1.42 bits per heavy atom. The molecular formula is C19H26N4O. The summed E-state index contributed by atoms with van der Waals surface area (Å²) in [5.74, 6) is -0.386. The minimum Gasteiger partial charge on any atom is -0.366 e. The van der Waals surface area contributed by atoms with E-state index in [1.54, 1.807) is 6.07 Å². The van der Waals surface area contributed by atoms with Gasteiger partial charge in [0.25, 0.3) is 0 Å². The monoisotopic (exact) mass is 326 g/mol. The maximum absolute atomic E-state index is 11.3. The van der Waals surface area contributed by atoms with Crippen LogP contribution >= 0.6 is 0 Å². The molecule has 1 aromatic carbocycles. The van der Waals surface area contributed by atoms with Crippen LogP contribution in [0.4, 0.5) is 0 Å². The lowest BCUT2D eigenvalue weighted by molar-refractivity contribution is 0.1000. The Kier molecular flexibility index (Phi) is 4.45. The second-order valence-electron chi connectivity index (χ2n) is 7.52. The molecule has 0 aliphatic heterocycles. The van der Waals surface area contributed by atoms with Gasteiger partial charge in [-0.05, 0) is 57.7 Å². The SMILES string of the molecule is CC(C)(C)n1ncc2c1CCC[C@H]2NCc1cccc(C(N)=O)c1. The molecule has 0 saturated heterocycles. The smallest absolute Gasteiger partial charge is 0.248 e. The number of amides is 1. The summed E-state index contributed by atoms with van der Waals surface area (Å²) in [5.41, 5.74) is 9.64. The Balaban J connectivity index is 1.75. The van der Waals surface area contributed by atoms with E-state index in [9.17, 15) is 4.79 Å². The van der Waals surface area contributed by atoms with Crippen LogP contribution in [0.15, 0.2) is 30.5 Å². The van der Waals surface area contributed by atoms with Gasteiger partial charge in [0.1, 0.15) is 0 Å². The number of rotatable bonds is 4. The lowest BCUT2D eigenvalue weighted by Gasteiger charge is -2.28. The van der Waals surface area contributed by atoms with Gasteiger partial charge in [0.05, 0.1) is 11.7 Å². The molecule has 5 nitrogen and oxygen atoms in total. The summed E-state index contributed by atoms with van der Waals surface area (Å²) >= 11 is 0. The van der Waals surface area contributed by atoms with Crippen molar-refractivity contribution in [3.05, 3.63) is 52.8 Å². The molecular weight excluding hydrogens is 300 g/mol. The van der Waals surface area contributed by atoms with Crippen LogP contribution in [0, 0.1) is 0 Å². The van der Waals surface area contributed by atoms with Crippen molar-refractivity contribution in [3.8, 4) is 0 Å². The van der Waals surface area contributed by atoms with E-state index < -0.39 is 0 Å². The number of nitrogens with zero attached hydrogens (tertiary/aromatic N) is 2. The van der Waals surface area contributed by atoms with E-state index in [0.29, 0.717) is 18.2 Å². The van der Waals surface area contributed by atoms with Gasteiger partial charge >= 0.3 is 0 Å². The topological polar surface area (TPSA) is 72.9 Å². The number of nitrogens with two attached hydrogens (primary N) is 1. The van der Waals surface area contributed by atoms with Gasteiger partial charge in [-0.1, -0.05) is 12.1 Å². The molecule has 5 heteroatoms. The van der Waals surface area contributed by atoms with E-state index in [0.717, 1.165) is 24.8 Å². The number of fused-ring (bicyclic) bond motifs is 1. The molecule has 1 aromatic heterocycles. The first-order valence-corrected chi connectivity index (χ1v) is 8.55. The maximum atomic E-state index is 11.3. The number of aromatic nitrogens is 2. The standard InChI is InChI=1S/C19H26N4O/c1-19(2,3)23-17-9-5-8-16(15(17)12-22-23)21-11-13-6-4-7-14(10-13)18(20)24/h4,6-7,10,12,16,21H,5,8-9,11H2,1-3H3,(H2,20,24)/t16-/m1/s1. The van der Waals surface area contributed by atoms with Gasteiger partial charge in [-0.15, -0.1) is 0 Å². The molecule has 0 fully saturated rings. The molecule has 2 aromatic rings. The molecule has 128 valence electrons. The molecule has 3 N–H and O–H groups in total. The van der Waals surface area contributed by atoms with E-state index in [1.807, 2.05) is 24.4 Å². The summed E-state index contributed by atoms with van der Waals surface area (Å²) in [5, 5.41) is 8.25. The second-order valence-corrected chi connectivity index (χ2v) is 7.52. The molecule has 0 unspecified atom stereocenters. The molecule has 3 rings (SSSR count). The van der Waals surface area contributed by atoms with Crippen molar-refractivity contribution in [2.24, 2.45) is 5.73 Å². The highest BCUT2D eigenvalue weighted by Crippen LogP contribution is 2.32. The number of hydrogen-bond donors (Lipinski definition) is 2. The van der Waals surface area contributed by atoms with Gasteiger partial charge in [-0.2, -0.15) is 5.10 Å². The van der Waals surface area contributed by atoms with E-state index in [-0.39, 0.29) is 11.4 Å². The summed E-state index contributed by atoms with van der Waals surface area (Å²) in [4.78, 5) is 11.3. The van der Waals surface area contributed by atoms with Crippen molar-refractivity contribution < 1.29 is 4.79 Å². The zero-order valence-electron chi connectivity index (χ0n) is 14.7. The first-order chi connectivity index (χ1) is 11.4. The summed E-state index contributed by atoms with van der Waals surface area (Å²) in [6.07, 6.45) is 5.37. The fourth-order valence-electron chi connectivity index (χ4n) is 3.42. The summed E-state index contributed by atoms with van der Waals surface area (Å²) in [6.45, 7) is 7.28. The fourth-order valence-corrected chi connectivity index (χ4v) is 3.42. The quantitative estimate of drug-likeness (QED) is 0.907. The lowest BCUT2D eigenvalue weighted by atomic mass is 9.92. The Hall–Kier alpha value is -2.14.